The van der Waals surface area contributed by atoms with Crippen molar-refractivity contribution in [1.29, 1.82) is 0 Å². The number of aliphatic imine (C=N–C) groups is 1. The number of nitrogens with two attached hydrogens (primary N) is 1. The summed E-state index contributed by atoms with van der Waals surface area (Å²) in [7, 11) is 4.31. The average molecular weight is 266 g/mol. The van der Waals surface area contributed by atoms with Gasteiger partial charge in [-0.2, -0.15) is 0 Å². The Hall–Kier alpha value is -0.770. The zero-order chi connectivity index (χ0) is 13.7. The summed E-state index contributed by atoms with van der Waals surface area (Å²) < 4.78 is 0. The average Bonchev–Trinajstić information content (AvgIpc) is 2.98. The molecule has 0 bridgehead atoms. The number of hydrogen-bond acceptors (Lipinski definition) is 2. The second-order valence-electron chi connectivity index (χ2n) is 6.77. The molecule has 19 heavy (non-hydrogen) atoms. The molecule has 2 aliphatic rings. The molecule has 0 spiro atoms. The van der Waals surface area contributed by atoms with Gasteiger partial charge in [0.2, 0.25) is 0 Å². The topological polar surface area (TPSA) is 53.6 Å². The molecular formula is C15H30N4. The van der Waals surface area contributed by atoms with Gasteiger partial charge in [-0.15, -0.1) is 0 Å². The highest BCUT2D eigenvalue weighted by molar-refractivity contribution is 5.78. The van der Waals surface area contributed by atoms with Gasteiger partial charge in [0.15, 0.2) is 5.96 Å². The Kier molecular flexibility index (Phi) is 5.08. The van der Waals surface area contributed by atoms with Crippen LogP contribution in [-0.2, 0) is 0 Å². The smallest absolute Gasteiger partial charge is 0.188 e. The van der Waals surface area contributed by atoms with Crippen molar-refractivity contribution in [2.24, 2.45) is 16.1 Å². The molecule has 3 N–H and O–H groups in total. The van der Waals surface area contributed by atoms with Crippen LogP contribution in [0.3, 0.4) is 0 Å². The van der Waals surface area contributed by atoms with Crippen LogP contribution in [0, 0.1) is 5.41 Å². The second-order valence-corrected chi connectivity index (χ2v) is 6.77. The molecule has 0 radical (unpaired) electrons. The molecule has 0 amide bonds. The van der Waals surface area contributed by atoms with Gasteiger partial charge < -0.3 is 16.0 Å². The fourth-order valence-electron chi connectivity index (χ4n) is 3.74. The van der Waals surface area contributed by atoms with E-state index in [9.17, 15) is 0 Å². The van der Waals surface area contributed by atoms with Crippen LogP contribution in [0.25, 0.3) is 0 Å². The Morgan fingerprint density at radius 1 is 1.21 bits per heavy atom. The van der Waals surface area contributed by atoms with Crippen molar-refractivity contribution >= 4 is 5.96 Å². The van der Waals surface area contributed by atoms with Crippen LogP contribution < -0.4 is 11.1 Å². The first kappa shape index (κ1) is 14.6. The molecule has 0 unspecified atom stereocenters. The fraction of sp³-hybridized carbons (Fsp3) is 0.933. The van der Waals surface area contributed by atoms with Crippen LogP contribution in [0.4, 0.5) is 0 Å². The quantitative estimate of drug-likeness (QED) is 0.591. The Bertz CT molecular complexity index is 299. The van der Waals surface area contributed by atoms with Gasteiger partial charge >= 0.3 is 0 Å². The lowest BCUT2D eigenvalue weighted by atomic mass is 9.86. The van der Waals surface area contributed by atoms with E-state index in [1.165, 1.54) is 51.4 Å². The maximum absolute atomic E-state index is 6.05. The standard InChI is InChI=1S/C15H30N4/c1-19(2)12-15(9-5-6-10-15)11-17-14(16)18-13-7-3-4-8-13/h13H,3-12H2,1-2H3,(H3,16,17,18). The summed E-state index contributed by atoms with van der Waals surface area (Å²) in [5.74, 6) is 0.664. The molecule has 0 aliphatic heterocycles. The molecule has 4 heteroatoms. The molecule has 4 nitrogen and oxygen atoms in total. The van der Waals surface area contributed by atoms with Gasteiger partial charge in [-0.1, -0.05) is 25.7 Å². The molecule has 2 rings (SSSR count). The lowest BCUT2D eigenvalue weighted by Crippen LogP contribution is -2.40. The van der Waals surface area contributed by atoms with Crippen molar-refractivity contribution in [3.63, 3.8) is 0 Å². The predicted octanol–water partition coefficient (Wildman–Crippen LogP) is 1.96. The van der Waals surface area contributed by atoms with Crippen molar-refractivity contribution in [3.05, 3.63) is 0 Å². The Morgan fingerprint density at radius 3 is 2.42 bits per heavy atom. The van der Waals surface area contributed by atoms with Crippen LogP contribution in [0.2, 0.25) is 0 Å². The SMILES string of the molecule is CN(C)CC1(CN=C(N)NC2CCCC2)CCCC1. The monoisotopic (exact) mass is 266 g/mol. The molecule has 0 atom stereocenters. The second kappa shape index (κ2) is 6.60. The summed E-state index contributed by atoms with van der Waals surface area (Å²) in [5, 5.41) is 3.39. The van der Waals surface area contributed by atoms with E-state index in [1.54, 1.807) is 0 Å². The predicted molar refractivity (Wildman–Crippen MR) is 81.3 cm³/mol. The molecule has 2 fully saturated rings. The van der Waals surface area contributed by atoms with E-state index < -0.39 is 0 Å². The zero-order valence-corrected chi connectivity index (χ0v) is 12.6. The molecule has 2 aliphatic carbocycles. The molecule has 0 aromatic rings. The number of rotatable bonds is 5. The summed E-state index contributed by atoms with van der Waals surface area (Å²) in [6.45, 7) is 2.02. The minimum absolute atomic E-state index is 0.367. The van der Waals surface area contributed by atoms with Crippen LogP contribution >= 0.6 is 0 Å². The van der Waals surface area contributed by atoms with E-state index in [0.29, 0.717) is 17.4 Å². The first-order valence-electron chi connectivity index (χ1n) is 7.81. The van der Waals surface area contributed by atoms with Crippen LogP contribution in [0.1, 0.15) is 51.4 Å². The normalized spacial score (nSPS) is 24.3. The summed E-state index contributed by atoms with van der Waals surface area (Å²) in [5.41, 5.74) is 6.41. The Morgan fingerprint density at radius 2 is 1.84 bits per heavy atom. The number of hydrogen-bond donors (Lipinski definition) is 2. The van der Waals surface area contributed by atoms with E-state index in [4.69, 9.17) is 5.73 Å². The minimum Gasteiger partial charge on any atom is -0.370 e. The molecule has 0 heterocycles. The van der Waals surface area contributed by atoms with Gasteiger partial charge in [-0.05, 0) is 39.8 Å². The lowest BCUT2D eigenvalue weighted by Gasteiger charge is -2.30. The molecular weight excluding hydrogens is 236 g/mol. The Balaban J connectivity index is 1.86. The van der Waals surface area contributed by atoms with Gasteiger partial charge in [-0.3, -0.25) is 4.99 Å². The Labute approximate surface area is 117 Å². The van der Waals surface area contributed by atoms with Crippen LogP contribution in [0.5, 0.6) is 0 Å². The van der Waals surface area contributed by atoms with Crippen molar-refractivity contribution in [2.45, 2.75) is 57.4 Å². The van der Waals surface area contributed by atoms with E-state index in [-0.39, 0.29) is 0 Å². The number of guanidine groups is 1. The van der Waals surface area contributed by atoms with Crippen LogP contribution in [0.15, 0.2) is 4.99 Å². The van der Waals surface area contributed by atoms with Crippen molar-refractivity contribution < 1.29 is 0 Å². The van der Waals surface area contributed by atoms with E-state index >= 15 is 0 Å². The maximum atomic E-state index is 6.05. The van der Waals surface area contributed by atoms with Gasteiger partial charge in [0, 0.05) is 24.5 Å². The lowest BCUT2D eigenvalue weighted by molar-refractivity contribution is 0.210. The van der Waals surface area contributed by atoms with E-state index in [0.717, 1.165) is 13.1 Å². The highest BCUT2D eigenvalue weighted by Gasteiger charge is 2.34. The highest BCUT2D eigenvalue weighted by Crippen LogP contribution is 2.38. The van der Waals surface area contributed by atoms with Crippen LogP contribution in [-0.4, -0.2) is 44.1 Å². The van der Waals surface area contributed by atoms with Gasteiger partial charge in [0.05, 0.1) is 0 Å². The molecule has 0 aromatic heterocycles. The van der Waals surface area contributed by atoms with Gasteiger partial charge in [0.25, 0.3) is 0 Å². The third-order valence-corrected chi connectivity index (χ3v) is 4.61. The van der Waals surface area contributed by atoms with Gasteiger partial charge in [0.1, 0.15) is 0 Å². The summed E-state index contributed by atoms with van der Waals surface area (Å²) in [6.07, 6.45) is 10.4. The van der Waals surface area contributed by atoms with E-state index in [1.807, 2.05) is 0 Å². The van der Waals surface area contributed by atoms with E-state index in [2.05, 4.69) is 29.3 Å². The van der Waals surface area contributed by atoms with Crippen molar-refractivity contribution in [2.75, 3.05) is 27.2 Å². The number of nitrogens with one attached hydrogen (secondary N) is 1. The first-order valence-corrected chi connectivity index (χ1v) is 7.81. The van der Waals surface area contributed by atoms with Crippen molar-refractivity contribution in [1.82, 2.24) is 10.2 Å². The number of nitrogens with zero attached hydrogens (tertiary/aromatic N) is 2. The third kappa shape index (κ3) is 4.37. The zero-order valence-electron chi connectivity index (χ0n) is 12.6. The molecule has 110 valence electrons. The van der Waals surface area contributed by atoms with Crippen molar-refractivity contribution in [3.8, 4) is 0 Å². The third-order valence-electron chi connectivity index (χ3n) is 4.61. The molecule has 0 saturated heterocycles. The minimum atomic E-state index is 0.367. The summed E-state index contributed by atoms with van der Waals surface area (Å²) >= 11 is 0. The van der Waals surface area contributed by atoms with Gasteiger partial charge in [-0.25, -0.2) is 0 Å². The largest absolute Gasteiger partial charge is 0.370 e. The summed E-state index contributed by atoms with van der Waals surface area (Å²) in [4.78, 5) is 6.94. The highest BCUT2D eigenvalue weighted by atomic mass is 15.1. The maximum Gasteiger partial charge on any atom is 0.188 e. The summed E-state index contributed by atoms with van der Waals surface area (Å²) in [6, 6.07) is 0.567. The molecule has 2 saturated carbocycles. The fourth-order valence-corrected chi connectivity index (χ4v) is 3.74. The molecule has 0 aromatic carbocycles. The first-order chi connectivity index (χ1) is 9.10.